The number of aliphatic hydroxyl groups excluding tert-OH is 1. The summed E-state index contributed by atoms with van der Waals surface area (Å²) >= 11 is 0. The molecule has 20 heavy (non-hydrogen) atoms. The Hall–Kier alpha value is -1.66. The number of oxime groups is 1. The van der Waals surface area contributed by atoms with Crippen molar-refractivity contribution in [3.05, 3.63) is 35.1 Å². The fraction of sp³-hybridized carbons (Fsp3) is 0.500. The molecule has 1 aliphatic heterocycles. The highest BCUT2D eigenvalue weighted by atomic mass is 19.1. The Kier molecular flexibility index (Phi) is 4.92. The molecule has 1 aliphatic rings. The van der Waals surface area contributed by atoms with Crippen LogP contribution in [0, 0.1) is 11.7 Å². The molecule has 6 heteroatoms. The lowest BCUT2D eigenvalue weighted by Gasteiger charge is -2.17. The predicted molar refractivity (Wildman–Crippen MR) is 74.0 cm³/mol. The maximum atomic E-state index is 14.3. The lowest BCUT2D eigenvalue weighted by atomic mass is 10.1. The van der Waals surface area contributed by atoms with Crippen molar-refractivity contribution in [1.82, 2.24) is 4.90 Å². The van der Waals surface area contributed by atoms with Crippen molar-refractivity contribution in [3.8, 4) is 0 Å². The molecule has 0 aromatic heterocycles. The number of likely N-dealkylation sites (tertiary alicyclic amines) is 1. The van der Waals surface area contributed by atoms with Gasteiger partial charge in [-0.15, -0.1) is 0 Å². The molecule has 0 aliphatic carbocycles. The second-order valence-corrected chi connectivity index (χ2v) is 5.17. The Morgan fingerprint density at radius 1 is 1.50 bits per heavy atom. The van der Waals surface area contributed by atoms with E-state index >= 15 is 0 Å². The molecule has 1 fully saturated rings. The minimum absolute atomic E-state index is 0.121. The van der Waals surface area contributed by atoms with Gasteiger partial charge in [0.2, 0.25) is 0 Å². The summed E-state index contributed by atoms with van der Waals surface area (Å²) in [6, 6.07) is 4.91. The number of nitrogens with two attached hydrogens (primary N) is 1. The van der Waals surface area contributed by atoms with Gasteiger partial charge in [0.15, 0.2) is 5.84 Å². The maximum Gasteiger partial charge on any atom is 0.173 e. The first-order chi connectivity index (χ1) is 9.65. The zero-order valence-corrected chi connectivity index (χ0v) is 11.3. The number of hydrogen-bond donors (Lipinski definition) is 3. The Morgan fingerprint density at radius 2 is 2.30 bits per heavy atom. The van der Waals surface area contributed by atoms with Crippen molar-refractivity contribution < 1.29 is 14.7 Å². The van der Waals surface area contributed by atoms with Gasteiger partial charge in [0.05, 0.1) is 5.56 Å². The second kappa shape index (κ2) is 6.67. The van der Waals surface area contributed by atoms with E-state index in [1.165, 1.54) is 6.07 Å². The van der Waals surface area contributed by atoms with Gasteiger partial charge in [-0.25, -0.2) is 4.39 Å². The van der Waals surface area contributed by atoms with Gasteiger partial charge in [-0.2, -0.15) is 0 Å². The van der Waals surface area contributed by atoms with E-state index in [0.717, 1.165) is 25.9 Å². The molecule has 1 aromatic rings. The Labute approximate surface area is 117 Å². The zero-order valence-electron chi connectivity index (χ0n) is 11.3. The standard InChI is InChI=1S/C14H20FN3O2/c15-13-11(2-1-3-12(13)14(16)17-20)9-18-6-4-10(8-18)5-7-19/h1-3,10,19-20H,4-9H2,(H2,16,17). The molecular formula is C14H20FN3O2. The van der Waals surface area contributed by atoms with E-state index in [-0.39, 0.29) is 18.0 Å². The summed E-state index contributed by atoms with van der Waals surface area (Å²) in [6.45, 7) is 2.47. The molecule has 1 saturated heterocycles. The van der Waals surface area contributed by atoms with Crippen LogP contribution in [0.2, 0.25) is 0 Å². The molecule has 0 radical (unpaired) electrons. The van der Waals surface area contributed by atoms with E-state index in [4.69, 9.17) is 16.0 Å². The van der Waals surface area contributed by atoms with Crippen molar-refractivity contribution in [3.63, 3.8) is 0 Å². The molecule has 1 atom stereocenters. The van der Waals surface area contributed by atoms with E-state index in [1.807, 2.05) is 0 Å². The molecule has 4 N–H and O–H groups in total. The summed E-state index contributed by atoms with van der Waals surface area (Å²) in [5.74, 6) is -0.173. The largest absolute Gasteiger partial charge is 0.409 e. The first-order valence-corrected chi connectivity index (χ1v) is 6.74. The first kappa shape index (κ1) is 14.7. The van der Waals surface area contributed by atoms with Crippen molar-refractivity contribution in [2.75, 3.05) is 19.7 Å². The number of nitrogens with zero attached hydrogens (tertiary/aromatic N) is 2. The normalized spacial score (nSPS) is 20.5. The molecule has 1 heterocycles. The molecule has 5 nitrogen and oxygen atoms in total. The lowest BCUT2D eigenvalue weighted by molar-refractivity contribution is 0.248. The van der Waals surface area contributed by atoms with Gasteiger partial charge in [-0.3, -0.25) is 4.90 Å². The van der Waals surface area contributed by atoms with Crippen LogP contribution in [0.25, 0.3) is 0 Å². The van der Waals surface area contributed by atoms with Gasteiger partial charge in [0.25, 0.3) is 0 Å². The molecule has 110 valence electrons. The van der Waals surface area contributed by atoms with E-state index in [9.17, 15) is 4.39 Å². The minimum atomic E-state index is -0.437. The Balaban J connectivity index is 2.07. The van der Waals surface area contributed by atoms with Gasteiger partial charge in [-0.05, 0) is 31.4 Å². The van der Waals surface area contributed by atoms with Crippen LogP contribution >= 0.6 is 0 Å². The summed E-state index contributed by atoms with van der Waals surface area (Å²) in [5.41, 5.74) is 6.11. The third-order valence-electron chi connectivity index (χ3n) is 3.76. The number of hydrogen-bond acceptors (Lipinski definition) is 4. The van der Waals surface area contributed by atoms with Crippen LogP contribution in [0.4, 0.5) is 4.39 Å². The zero-order chi connectivity index (χ0) is 14.5. The van der Waals surface area contributed by atoms with Crippen molar-refractivity contribution in [2.45, 2.75) is 19.4 Å². The number of rotatable bonds is 5. The fourth-order valence-electron chi connectivity index (χ4n) is 2.67. The van der Waals surface area contributed by atoms with Crippen molar-refractivity contribution in [1.29, 1.82) is 0 Å². The second-order valence-electron chi connectivity index (χ2n) is 5.17. The Morgan fingerprint density at radius 3 is 3.00 bits per heavy atom. The SMILES string of the molecule is N/C(=N/O)c1cccc(CN2CCC(CCO)C2)c1F. The third kappa shape index (κ3) is 3.26. The van der Waals surface area contributed by atoms with Crippen LogP contribution < -0.4 is 5.73 Å². The number of halogens is 1. The predicted octanol–water partition coefficient (Wildman–Crippen LogP) is 1.12. The van der Waals surface area contributed by atoms with Crippen LogP contribution in [0.1, 0.15) is 24.0 Å². The average molecular weight is 281 g/mol. The van der Waals surface area contributed by atoms with Crippen LogP contribution in [0.3, 0.4) is 0 Å². The molecule has 1 unspecified atom stereocenters. The summed E-state index contributed by atoms with van der Waals surface area (Å²) in [7, 11) is 0. The van der Waals surface area contributed by atoms with E-state index in [2.05, 4.69) is 10.1 Å². The molecule has 1 aromatic carbocycles. The van der Waals surface area contributed by atoms with E-state index < -0.39 is 5.82 Å². The molecule has 0 bridgehead atoms. The van der Waals surface area contributed by atoms with Crippen molar-refractivity contribution in [2.24, 2.45) is 16.8 Å². The van der Waals surface area contributed by atoms with E-state index in [1.54, 1.807) is 12.1 Å². The summed E-state index contributed by atoms with van der Waals surface area (Å²) in [6.07, 6.45) is 1.82. The quantitative estimate of drug-likeness (QED) is 0.327. The highest BCUT2D eigenvalue weighted by molar-refractivity contribution is 5.97. The molecule has 0 spiro atoms. The number of amidine groups is 1. The summed E-state index contributed by atoms with van der Waals surface area (Å²) < 4.78 is 14.3. The van der Waals surface area contributed by atoms with Gasteiger partial charge in [0, 0.05) is 25.3 Å². The minimum Gasteiger partial charge on any atom is -0.409 e. The lowest BCUT2D eigenvalue weighted by Crippen LogP contribution is -2.22. The van der Waals surface area contributed by atoms with Crippen LogP contribution in [-0.4, -0.2) is 40.7 Å². The summed E-state index contributed by atoms with van der Waals surface area (Å²) in [5, 5.41) is 20.4. The van der Waals surface area contributed by atoms with Crippen molar-refractivity contribution >= 4 is 5.84 Å². The molecular weight excluding hydrogens is 261 g/mol. The Bertz CT molecular complexity index is 493. The number of benzene rings is 1. The van der Waals surface area contributed by atoms with E-state index in [0.29, 0.717) is 18.0 Å². The van der Waals surface area contributed by atoms with Crippen LogP contribution in [-0.2, 0) is 6.54 Å². The number of aliphatic hydroxyl groups is 1. The maximum absolute atomic E-state index is 14.3. The average Bonchev–Trinajstić information content (AvgIpc) is 2.88. The molecule has 0 amide bonds. The van der Waals surface area contributed by atoms with Crippen LogP contribution in [0.5, 0.6) is 0 Å². The smallest absolute Gasteiger partial charge is 0.173 e. The van der Waals surface area contributed by atoms with Gasteiger partial charge in [-0.1, -0.05) is 17.3 Å². The highest BCUT2D eigenvalue weighted by Gasteiger charge is 2.23. The van der Waals surface area contributed by atoms with Gasteiger partial charge >= 0.3 is 0 Å². The van der Waals surface area contributed by atoms with Gasteiger partial charge < -0.3 is 16.0 Å². The first-order valence-electron chi connectivity index (χ1n) is 6.74. The van der Waals surface area contributed by atoms with Crippen LogP contribution in [0.15, 0.2) is 23.4 Å². The fourth-order valence-corrected chi connectivity index (χ4v) is 2.67. The monoisotopic (exact) mass is 281 g/mol. The summed E-state index contributed by atoms with van der Waals surface area (Å²) in [4.78, 5) is 2.16. The highest BCUT2D eigenvalue weighted by Crippen LogP contribution is 2.22. The molecule has 2 rings (SSSR count). The molecule has 0 saturated carbocycles. The third-order valence-corrected chi connectivity index (χ3v) is 3.76. The van der Waals surface area contributed by atoms with Gasteiger partial charge in [0.1, 0.15) is 5.82 Å². The topological polar surface area (TPSA) is 82.1 Å².